The van der Waals surface area contributed by atoms with Crippen LogP contribution in [0, 0.1) is 6.92 Å². The first-order chi connectivity index (χ1) is 11.7. The summed E-state index contributed by atoms with van der Waals surface area (Å²) in [5.74, 6) is 0.0688. The lowest BCUT2D eigenvalue weighted by atomic mass is 10.1. The highest BCUT2D eigenvalue weighted by Crippen LogP contribution is 2.23. The van der Waals surface area contributed by atoms with E-state index in [0.29, 0.717) is 19.8 Å². The van der Waals surface area contributed by atoms with Gasteiger partial charge < -0.3 is 14.5 Å². The van der Waals surface area contributed by atoms with Gasteiger partial charge in [0.1, 0.15) is 0 Å². The maximum atomic E-state index is 12.9. The van der Waals surface area contributed by atoms with Crippen molar-refractivity contribution in [2.45, 2.75) is 13.3 Å². The molecule has 0 spiro atoms. The first-order valence-electron chi connectivity index (χ1n) is 8.23. The number of aromatic nitrogens is 1. The number of carbonyl (C=O) groups excluding carboxylic acids is 1. The van der Waals surface area contributed by atoms with Gasteiger partial charge in [-0.1, -0.05) is 12.1 Å². The second-order valence-electron chi connectivity index (χ2n) is 5.95. The van der Waals surface area contributed by atoms with Crippen molar-refractivity contribution in [3.63, 3.8) is 0 Å². The molecule has 1 fully saturated rings. The maximum absolute atomic E-state index is 12.9. The second kappa shape index (κ2) is 7.77. The van der Waals surface area contributed by atoms with Crippen molar-refractivity contribution in [1.82, 2.24) is 9.88 Å². The van der Waals surface area contributed by atoms with Crippen LogP contribution in [0.2, 0.25) is 0 Å². The van der Waals surface area contributed by atoms with Gasteiger partial charge in [0.25, 0.3) is 5.91 Å². The molecule has 3 rings (SSSR count). The molecule has 5 nitrogen and oxygen atoms in total. The van der Waals surface area contributed by atoms with Gasteiger partial charge in [-0.2, -0.15) is 0 Å². The summed E-state index contributed by atoms with van der Waals surface area (Å²) >= 11 is 1.65. The third-order valence-electron chi connectivity index (χ3n) is 4.35. The number of carbonyl (C=O) groups is 1. The van der Waals surface area contributed by atoms with Gasteiger partial charge in [-0.05, 0) is 19.1 Å². The lowest BCUT2D eigenvalue weighted by Gasteiger charge is -2.31. The van der Waals surface area contributed by atoms with Crippen LogP contribution in [0.3, 0.4) is 0 Å². The van der Waals surface area contributed by atoms with Crippen molar-refractivity contribution in [3.8, 4) is 0 Å². The van der Waals surface area contributed by atoms with E-state index in [4.69, 9.17) is 4.74 Å². The minimum absolute atomic E-state index is 0.0688. The standard InChI is InChI=1S/C18H23N3O2S/c1-14-17(24-13-19-14)7-8-20(2)18(22)15-5-3-4-6-16(15)21-9-11-23-12-10-21/h3-6,13H,7-12H2,1-2H3. The van der Waals surface area contributed by atoms with Crippen molar-refractivity contribution in [2.75, 3.05) is 44.8 Å². The molecule has 1 saturated heterocycles. The van der Waals surface area contributed by atoms with Crippen LogP contribution in [0.1, 0.15) is 20.9 Å². The molecule has 128 valence electrons. The fourth-order valence-electron chi connectivity index (χ4n) is 2.88. The molecule has 2 heterocycles. The molecule has 1 aromatic heterocycles. The highest BCUT2D eigenvalue weighted by Gasteiger charge is 2.20. The van der Waals surface area contributed by atoms with E-state index in [-0.39, 0.29) is 5.91 Å². The summed E-state index contributed by atoms with van der Waals surface area (Å²) in [5.41, 5.74) is 4.70. The average Bonchev–Trinajstić information content (AvgIpc) is 3.04. The minimum Gasteiger partial charge on any atom is -0.378 e. The third-order valence-corrected chi connectivity index (χ3v) is 5.35. The van der Waals surface area contributed by atoms with Crippen LogP contribution in [-0.2, 0) is 11.2 Å². The topological polar surface area (TPSA) is 45.7 Å². The molecule has 0 radical (unpaired) electrons. The van der Waals surface area contributed by atoms with Crippen LogP contribution in [0.25, 0.3) is 0 Å². The van der Waals surface area contributed by atoms with Crippen LogP contribution < -0.4 is 4.90 Å². The van der Waals surface area contributed by atoms with Crippen molar-refractivity contribution < 1.29 is 9.53 Å². The van der Waals surface area contributed by atoms with E-state index in [2.05, 4.69) is 9.88 Å². The third kappa shape index (κ3) is 3.76. The molecular formula is C18H23N3O2S. The number of hydrogen-bond acceptors (Lipinski definition) is 5. The van der Waals surface area contributed by atoms with E-state index in [0.717, 1.165) is 36.5 Å². The highest BCUT2D eigenvalue weighted by molar-refractivity contribution is 7.09. The Morgan fingerprint density at radius 3 is 2.79 bits per heavy atom. The lowest BCUT2D eigenvalue weighted by Crippen LogP contribution is -2.38. The van der Waals surface area contributed by atoms with Gasteiger partial charge in [0, 0.05) is 43.7 Å². The Hall–Kier alpha value is -1.92. The SMILES string of the molecule is Cc1ncsc1CCN(C)C(=O)c1ccccc1N1CCOCC1. The van der Waals surface area contributed by atoms with Crippen LogP contribution in [0.4, 0.5) is 5.69 Å². The van der Waals surface area contributed by atoms with E-state index in [1.807, 2.05) is 43.7 Å². The summed E-state index contributed by atoms with van der Waals surface area (Å²) < 4.78 is 5.42. The van der Waals surface area contributed by atoms with Gasteiger partial charge in [-0.15, -0.1) is 11.3 Å². The first kappa shape index (κ1) is 16.9. The molecule has 0 saturated carbocycles. The van der Waals surface area contributed by atoms with Crippen LogP contribution in [0.15, 0.2) is 29.8 Å². The minimum atomic E-state index is 0.0688. The van der Waals surface area contributed by atoms with Gasteiger partial charge in [0.2, 0.25) is 0 Å². The number of thiazole rings is 1. The number of ether oxygens (including phenoxy) is 1. The van der Waals surface area contributed by atoms with Crippen molar-refractivity contribution in [1.29, 1.82) is 0 Å². The molecule has 0 aliphatic carbocycles. The molecule has 0 unspecified atom stereocenters. The molecule has 2 aromatic rings. The average molecular weight is 345 g/mol. The van der Waals surface area contributed by atoms with Crippen molar-refractivity contribution in [3.05, 3.63) is 45.9 Å². The molecule has 0 atom stereocenters. The van der Waals surface area contributed by atoms with Crippen LogP contribution in [0.5, 0.6) is 0 Å². The summed E-state index contributed by atoms with van der Waals surface area (Å²) in [4.78, 5) is 22.5. The van der Waals surface area contributed by atoms with Crippen LogP contribution >= 0.6 is 11.3 Å². The first-order valence-corrected chi connectivity index (χ1v) is 9.11. The van der Waals surface area contributed by atoms with Gasteiger partial charge >= 0.3 is 0 Å². The van der Waals surface area contributed by atoms with E-state index in [9.17, 15) is 4.79 Å². The smallest absolute Gasteiger partial charge is 0.255 e. The number of para-hydroxylation sites is 1. The Bertz CT molecular complexity index is 695. The number of likely N-dealkylation sites (N-methyl/N-ethyl adjacent to an activating group) is 1. The fraction of sp³-hybridized carbons (Fsp3) is 0.444. The molecule has 0 bridgehead atoms. The van der Waals surface area contributed by atoms with Crippen LogP contribution in [-0.4, -0.2) is 55.7 Å². The Kier molecular flexibility index (Phi) is 5.48. The number of anilines is 1. The second-order valence-corrected chi connectivity index (χ2v) is 6.89. The summed E-state index contributed by atoms with van der Waals surface area (Å²) in [7, 11) is 1.87. The van der Waals surface area contributed by atoms with Gasteiger partial charge in [0.15, 0.2) is 0 Å². The molecule has 1 aliphatic rings. The summed E-state index contributed by atoms with van der Waals surface area (Å²) in [5, 5.41) is 0. The monoisotopic (exact) mass is 345 g/mol. The lowest BCUT2D eigenvalue weighted by molar-refractivity contribution is 0.0796. The normalized spacial score (nSPS) is 14.7. The van der Waals surface area contributed by atoms with Crippen molar-refractivity contribution in [2.24, 2.45) is 0 Å². The largest absolute Gasteiger partial charge is 0.378 e. The van der Waals surface area contributed by atoms with E-state index < -0.39 is 0 Å². The molecule has 6 heteroatoms. The van der Waals surface area contributed by atoms with Gasteiger partial charge in [-0.3, -0.25) is 4.79 Å². The molecule has 24 heavy (non-hydrogen) atoms. The van der Waals surface area contributed by atoms with Crippen molar-refractivity contribution >= 4 is 22.9 Å². The zero-order valence-electron chi connectivity index (χ0n) is 14.2. The molecule has 1 aromatic carbocycles. The number of aryl methyl sites for hydroxylation is 1. The zero-order valence-corrected chi connectivity index (χ0v) is 15.0. The van der Waals surface area contributed by atoms with E-state index >= 15 is 0 Å². The molecule has 0 N–H and O–H groups in total. The Morgan fingerprint density at radius 2 is 2.08 bits per heavy atom. The number of rotatable bonds is 5. The number of hydrogen-bond donors (Lipinski definition) is 0. The number of nitrogens with zero attached hydrogens (tertiary/aromatic N) is 3. The summed E-state index contributed by atoms with van der Waals surface area (Å²) in [6.45, 7) is 5.79. The zero-order chi connectivity index (χ0) is 16.9. The molecule has 1 aliphatic heterocycles. The Morgan fingerprint density at radius 1 is 1.33 bits per heavy atom. The Labute approximate surface area is 146 Å². The fourth-order valence-corrected chi connectivity index (χ4v) is 3.65. The molecule has 1 amide bonds. The predicted molar refractivity (Wildman–Crippen MR) is 97.0 cm³/mol. The highest BCUT2D eigenvalue weighted by atomic mass is 32.1. The maximum Gasteiger partial charge on any atom is 0.255 e. The predicted octanol–water partition coefficient (Wildman–Crippen LogP) is 2.60. The number of benzene rings is 1. The number of morpholine rings is 1. The summed E-state index contributed by atoms with van der Waals surface area (Å²) in [6.07, 6.45) is 0.846. The Balaban J connectivity index is 1.70. The number of amides is 1. The molecular weight excluding hydrogens is 322 g/mol. The van der Waals surface area contributed by atoms with E-state index in [1.54, 1.807) is 16.2 Å². The summed E-state index contributed by atoms with van der Waals surface area (Å²) in [6, 6.07) is 7.86. The van der Waals surface area contributed by atoms with E-state index in [1.165, 1.54) is 4.88 Å². The quantitative estimate of drug-likeness (QED) is 0.836. The van der Waals surface area contributed by atoms with Gasteiger partial charge in [0.05, 0.1) is 30.0 Å². The van der Waals surface area contributed by atoms with Gasteiger partial charge in [-0.25, -0.2) is 4.98 Å².